The summed E-state index contributed by atoms with van der Waals surface area (Å²) in [6.45, 7) is 3.62. The van der Waals surface area contributed by atoms with E-state index in [4.69, 9.17) is 5.73 Å². The Labute approximate surface area is 109 Å². The van der Waals surface area contributed by atoms with Gasteiger partial charge in [0.2, 0.25) is 5.91 Å². The molecule has 1 aromatic rings. The number of anilines is 1. The molecule has 0 unspecified atom stereocenters. The fraction of sp³-hybridized carbons (Fsp3) is 0.300. The first kappa shape index (κ1) is 14.7. The number of rotatable bonds is 2. The van der Waals surface area contributed by atoms with Gasteiger partial charge in [0, 0.05) is 9.26 Å². The molecule has 0 saturated heterocycles. The highest BCUT2D eigenvalue weighted by atomic mass is 127. The summed E-state index contributed by atoms with van der Waals surface area (Å²) in [5, 5.41) is 2.77. The van der Waals surface area contributed by atoms with Crippen molar-refractivity contribution < 1.29 is 4.79 Å². The molecule has 0 fully saturated rings. The number of nitrogens with two attached hydrogens (primary N) is 1. The summed E-state index contributed by atoms with van der Waals surface area (Å²) in [7, 11) is 0. The van der Waals surface area contributed by atoms with E-state index in [0.29, 0.717) is 0 Å². The second kappa shape index (κ2) is 6.30. The Morgan fingerprint density at radius 1 is 1.53 bits per heavy atom. The maximum absolute atomic E-state index is 11.3. The topological polar surface area (TPSA) is 55.1 Å². The second-order valence-electron chi connectivity index (χ2n) is 3.24. The summed E-state index contributed by atoms with van der Waals surface area (Å²) in [6.07, 6.45) is 0. The minimum atomic E-state index is -0.478. The summed E-state index contributed by atoms with van der Waals surface area (Å²) >= 11 is 2.23. The van der Waals surface area contributed by atoms with Gasteiger partial charge in [-0.15, -0.1) is 12.4 Å². The van der Waals surface area contributed by atoms with E-state index in [-0.39, 0.29) is 18.3 Å². The van der Waals surface area contributed by atoms with Gasteiger partial charge in [0.25, 0.3) is 0 Å². The molecule has 0 radical (unpaired) electrons. The normalized spacial score (nSPS) is 11.5. The van der Waals surface area contributed by atoms with Crippen LogP contribution < -0.4 is 11.1 Å². The van der Waals surface area contributed by atoms with Gasteiger partial charge >= 0.3 is 0 Å². The Hall–Kier alpha value is -0.330. The lowest BCUT2D eigenvalue weighted by atomic mass is 10.2. The highest BCUT2D eigenvalue weighted by molar-refractivity contribution is 14.1. The zero-order valence-corrected chi connectivity index (χ0v) is 11.6. The average Bonchev–Trinajstić information content (AvgIpc) is 2.09. The molecule has 0 bridgehead atoms. The van der Waals surface area contributed by atoms with Gasteiger partial charge in [-0.05, 0) is 60.2 Å². The van der Waals surface area contributed by atoms with Crippen molar-refractivity contribution in [3.8, 4) is 0 Å². The first-order valence-electron chi connectivity index (χ1n) is 4.33. The molecule has 1 atom stereocenters. The van der Waals surface area contributed by atoms with Crippen LogP contribution in [0.3, 0.4) is 0 Å². The molecule has 0 heterocycles. The third-order valence-electron chi connectivity index (χ3n) is 1.86. The Balaban J connectivity index is 0.00000196. The Morgan fingerprint density at radius 3 is 2.60 bits per heavy atom. The molecule has 1 amide bonds. The zero-order valence-electron chi connectivity index (χ0n) is 8.58. The van der Waals surface area contributed by atoms with Gasteiger partial charge in [0.05, 0.1) is 6.04 Å². The van der Waals surface area contributed by atoms with E-state index >= 15 is 0 Å². The number of nitrogens with one attached hydrogen (secondary N) is 1. The van der Waals surface area contributed by atoms with E-state index in [1.54, 1.807) is 6.92 Å². The van der Waals surface area contributed by atoms with Crippen LogP contribution in [0.5, 0.6) is 0 Å². The predicted molar refractivity (Wildman–Crippen MR) is 73.4 cm³/mol. The molecule has 15 heavy (non-hydrogen) atoms. The summed E-state index contributed by atoms with van der Waals surface area (Å²) in [6, 6.07) is 5.37. The van der Waals surface area contributed by atoms with Crippen LogP contribution in [0.25, 0.3) is 0 Å². The van der Waals surface area contributed by atoms with Gasteiger partial charge in [-0.2, -0.15) is 0 Å². The van der Waals surface area contributed by atoms with Gasteiger partial charge in [0.1, 0.15) is 0 Å². The third kappa shape index (κ3) is 4.36. The number of aryl methyl sites for hydroxylation is 1. The summed E-state index contributed by atoms with van der Waals surface area (Å²) < 4.78 is 1.15. The van der Waals surface area contributed by atoms with Crippen LogP contribution in [-0.2, 0) is 4.79 Å². The standard InChI is InChI=1S/C10H13IN2O.ClH/c1-6-5-8(11)3-4-9(6)13-10(14)7(2)12;/h3-5,7H,12H2,1-2H3,(H,13,14);1H/t7-;/m1./s1. The molecule has 84 valence electrons. The van der Waals surface area contributed by atoms with Gasteiger partial charge in [-0.1, -0.05) is 0 Å². The lowest BCUT2D eigenvalue weighted by Crippen LogP contribution is -2.32. The van der Waals surface area contributed by atoms with E-state index in [1.165, 1.54) is 0 Å². The van der Waals surface area contributed by atoms with Crippen molar-refractivity contribution >= 4 is 46.6 Å². The molecule has 5 heteroatoms. The Bertz CT molecular complexity index is 355. The maximum Gasteiger partial charge on any atom is 0.241 e. The maximum atomic E-state index is 11.3. The highest BCUT2D eigenvalue weighted by Gasteiger charge is 2.08. The van der Waals surface area contributed by atoms with Gasteiger partial charge in [-0.25, -0.2) is 0 Å². The largest absolute Gasteiger partial charge is 0.325 e. The molecular formula is C10H14ClIN2O. The Kier molecular flexibility index (Phi) is 6.16. The molecular weight excluding hydrogens is 326 g/mol. The van der Waals surface area contributed by atoms with Crippen molar-refractivity contribution in [2.24, 2.45) is 5.73 Å². The van der Waals surface area contributed by atoms with Crippen molar-refractivity contribution in [2.45, 2.75) is 19.9 Å². The number of halogens is 2. The molecule has 1 rings (SSSR count). The Morgan fingerprint density at radius 2 is 2.13 bits per heavy atom. The molecule has 1 aromatic carbocycles. The van der Waals surface area contributed by atoms with Gasteiger partial charge in [-0.3, -0.25) is 4.79 Å². The van der Waals surface area contributed by atoms with E-state index in [1.807, 2.05) is 25.1 Å². The quantitative estimate of drug-likeness (QED) is 0.812. The zero-order chi connectivity index (χ0) is 10.7. The van der Waals surface area contributed by atoms with Crippen LogP contribution in [0.15, 0.2) is 18.2 Å². The van der Waals surface area contributed by atoms with Crippen LogP contribution in [0, 0.1) is 10.5 Å². The van der Waals surface area contributed by atoms with Crippen molar-refractivity contribution in [3.05, 3.63) is 27.3 Å². The lowest BCUT2D eigenvalue weighted by molar-refractivity contribution is -0.117. The van der Waals surface area contributed by atoms with Gasteiger partial charge < -0.3 is 11.1 Å². The third-order valence-corrected chi connectivity index (χ3v) is 2.53. The van der Waals surface area contributed by atoms with E-state index in [0.717, 1.165) is 14.8 Å². The van der Waals surface area contributed by atoms with Crippen LogP contribution in [-0.4, -0.2) is 11.9 Å². The number of hydrogen-bond donors (Lipinski definition) is 2. The first-order valence-corrected chi connectivity index (χ1v) is 5.41. The number of benzene rings is 1. The summed E-state index contributed by atoms with van der Waals surface area (Å²) in [5.74, 6) is -0.158. The summed E-state index contributed by atoms with van der Waals surface area (Å²) in [5.41, 5.74) is 7.32. The highest BCUT2D eigenvalue weighted by Crippen LogP contribution is 2.17. The van der Waals surface area contributed by atoms with Crippen molar-refractivity contribution in [1.82, 2.24) is 0 Å². The molecule has 0 spiro atoms. The number of hydrogen-bond acceptors (Lipinski definition) is 2. The molecule has 3 nitrogen and oxygen atoms in total. The lowest BCUT2D eigenvalue weighted by Gasteiger charge is -2.10. The molecule has 0 saturated carbocycles. The molecule has 0 aromatic heterocycles. The number of carbonyl (C=O) groups is 1. The number of carbonyl (C=O) groups excluding carboxylic acids is 1. The second-order valence-corrected chi connectivity index (χ2v) is 4.48. The number of amides is 1. The van der Waals surface area contributed by atoms with Crippen molar-refractivity contribution in [3.63, 3.8) is 0 Å². The molecule has 3 N–H and O–H groups in total. The fourth-order valence-electron chi connectivity index (χ4n) is 1.01. The minimum Gasteiger partial charge on any atom is -0.325 e. The minimum absolute atomic E-state index is 0. The van der Waals surface area contributed by atoms with Crippen molar-refractivity contribution in [2.75, 3.05) is 5.32 Å². The molecule has 0 aliphatic rings. The molecule has 0 aliphatic heterocycles. The smallest absolute Gasteiger partial charge is 0.241 e. The van der Waals surface area contributed by atoms with E-state index < -0.39 is 6.04 Å². The van der Waals surface area contributed by atoms with Crippen molar-refractivity contribution in [1.29, 1.82) is 0 Å². The predicted octanol–water partition coefficient (Wildman–Crippen LogP) is 2.31. The van der Waals surface area contributed by atoms with Crippen LogP contribution in [0.2, 0.25) is 0 Å². The average molecular weight is 341 g/mol. The van der Waals surface area contributed by atoms with E-state index in [9.17, 15) is 4.79 Å². The molecule has 0 aliphatic carbocycles. The van der Waals surface area contributed by atoms with Crippen LogP contribution in [0.4, 0.5) is 5.69 Å². The first-order chi connectivity index (χ1) is 6.50. The van der Waals surface area contributed by atoms with Crippen LogP contribution in [0.1, 0.15) is 12.5 Å². The SMILES string of the molecule is Cc1cc(I)ccc1NC(=O)[C@@H](C)N.Cl. The van der Waals surface area contributed by atoms with E-state index in [2.05, 4.69) is 27.9 Å². The summed E-state index contributed by atoms with van der Waals surface area (Å²) in [4.78, 5) is 11.3. The monoisotopic (exact) mass is 340 g/mol. The van der Waals surface area contributed by atoms with Gasteiger partial charge in [0.15, 0.2) is 0 Å². The fourth-order valence-corrected chi connectivity index (χ4v) is 1.66. The van der Waals surface area contributed by atoms with Crippen LogP contribution >= 0.6 is 35.0 Å².